The molecule has 0 saturated heterocycles. The fourth-order valence-corrected chi connectivity index (χ4v) is 3.17. The van der Waals surface area contributed by atoms with Crippen LogP contribution in [0.25, 0.3) is 0 Å². The van der Waals surface area contributed by atoms with Gasteiger partial charge in [0.1, 0.15) is 6.10 Å². The van der Waals surface area contributed by atoms with Crippen LogP contribution in [0.5, 0.6) is 0 Å². The van der Waals surface area contributed by atoms with Gasteiger partial charge >= 0.3 is 5.97 Å². The van der Waals surface area contributed by atoms with Gasteiger partial charge in [-0.05, 0) is 31.1 Å². The minimum atomic E-state index is -0.107. The highest BCUT2D eigenvalue weighted by molar-refractivity contribution is 5.66. The summed E-state index contributed by atoms with van der Waals surface area (Å²) in [4.78, 5) is 10.8. The first-order valence-electron chi connectivity index (χ1n) is 5.93. The predicted molar refractivity (Wildman–Crippen MR) is 54.9 cm³/mol. The second kappa shape index (κ2) is 4.33. The average molecular weight is 196 g/mol. The molecule has 2 nitrogen and oxygen atoms in total. The maximum absolute atomic E-state index is 10.8. The van der Waals surface area contributed by atoms with Gasteiger partial charge in [-0.25, -0.2) is 0 Å². The van der Waals surface area contributed by atoms with Gasteiger partial charge in [0.2, 0.25) is 0 Å². The Hall–Kier alpha value is -0.530. The van der Waals surface area contributed by atoms with Crippen molar-refractivity contribution < 1.29 is 9.53 Å². The molecule has 0 bridgehead atoms. The summed E-state index contributed by atoms with van der Waals surface area (Å²) < 4.78 is 5.30. The monoisotopic (exact) mass is 196 g/mol. The third-order valence-corrected chi connectivity index (χ3v) is 3.82. The molecule has 0 N–H and O–H groups in total. The average Bonchev–Trinajstić information content (AvgIpc) is 2.17. The highest BCUT2D eigenvalue weighted by Crippen LogP contribution is 2.41. The van der Waals surface area contributed by atoms with E-state index in [1.54, 1.807) is 0 Å². The lowest BCUT2D eigenvalue weighted by molar-refractivity contribution is -0.149. The number of esters is 1. The molecule has 0 radical (unpaired) electrons. The number of carbonyl (C=O) groups excluding carboxylic acids is 1. The minimum absolute atomic E-state index is 0.107. The summed E-state index contributed by atoms with van der Waals surface area (Å²) >= 11 is 0. The second-order valence-electron chi connectivity index (χ2n) is 4.85. The molecule has 0 aromatic rings. The van der Waals surface area contributed by atoms with Gasteiger partial charge in [0.25, 0.3) is 0 Å². The summed E-state index contributed by atoms with van der Waals surface area (Å²) in [6.07, 6.45) is 9.31. The Morgan fingerprint density at radius 2 is 1.79 bits per heavy atom. The number of hydrogen-bond donors (Lipinski definition) is 0. The zero-order valence-corrected chi connectivity index (χ0v) is 9.00. The zero-order chi connectivity index (χ0) is 9.97. The standard InChI is InChI=1S/C12H20O2/c1-9(13)14-12-7-6-10-4-2-3-5-11(10)8-12/h10-12H,2-8H2,1H3/t10-,11+,12+/m0/s1. The van der Waals surface area contributed by atoms with E-state index in [0.29, 0.717) is 0 Å². The molecule has 3 atom stereocenters. The highest BCUT2D eigenvalue weighted by atomic mass is 16.5. The summed E-state index contributed by atoms with van der Waals surface area (Å²) in [5, 5.41) is 0. The van der Waals surface area contributed by atoms with Crippen molar-refractivity contribution in [2.75, 3.05) is 0 Å². The van der Waals surface area contributed by atoms with E-state index in [9.17, 15) is 4.79 Å². The van der Waals surface area contributed by atoms with E-state index in [4.69, 9.17) is 4.74 Å². The number of rotatable bonds is 1. The van der Waals surface area contributed by atoms with Gasteiger partial charge in [0, 0.05) is 6.92 Å². The van der Waals surface area contributed by atoms with Crippen molar-refractivity contribution in [2.24, 2.45) is 11.8 Å². The maximum atomic E-state index is 10.8. The van der Waals surface area contributed by atoms with E-state index in [1.165, 1.54) is 39.0 Å². The lowest BCUT2D eigenvalue weighted by atomic mass is 9.70. The molecule has 2 aliphatic rings. The molecule has 0 spiro atoms. The van der Waals surface area contributed by atoms with Gasteiger partial charge in [-0.1, -0.05) is 25.7 Å². The van der Waals surface area contributed by atoms with Crippen molar-refractivity contribution >= 4 is 5.97 Å². The number of carbonyl (C=O) groups is 1. The Balaban J connectivity index is 1.86. The number of fused-ring (bicyclic) bond motifs is 1. The molecule has 0 aromatic carbocycles. The van der Waals surface area contributed by atoms with Crippen molar-refractivity contribution in [1.82, 2.24) is 0 Å². The van der Waals surface area contributed by atoms with E-state index in [1.807, 2.05) is 0 Å². The van der Waals surface area contributed by atoms with Crippen LogP contribution in [0.1, 0.15) is 51.9 Å². The van der Waals surface area contributed by atoms with Crippen molar-refractivity contribution in [3.63, 3.8) is 0 Å². The normalized spacial score (nSPS) is 37.4. The van der Waals surface area contributed by atoms with Crippen LogP contribution < -0.4 is 0 Å². The third-order valence-electron chi connectivity index (χ3n) is 3.82. The molecular weight excluding hydrogens is 176 g/mol. The minimum Gasteiger partial charge on any atom is -0.463 e. The smallest absolute Gasteiger partial charge is 0.302 e. The van der Waals surface area contributed by atoms with Crippen LogP contribution in [0.2, 0.25) is 0 Å². The molecule has 2 saturated carbocycles. The molecule has 80 valence electrons. The van der Waals surface area contributed by atoms with Crippen LogP contribution >= 0.6 is 0 Å². The quantitative estimate of drug-likeness (QED) is 0.603. The second-order valence-corrected chi connectivity index (χ2v) is 4.85. The number of ether oxygens (including phenoxy) is 1. The summed E-state index contributed by atoms with van der Waals surface area (Å²) in [6, 6.07) is 0. The van der Waals surface area contributed by atoms with Gasteiger partial charge in [-0.2, -0.15) is 0 Å². The Morgan fingerprint density at radius 1 is 1.07 bits per heavy atom. The largest absolute Gasteiger partial charge is 0.463 e. The highest BCUT2D eigenvalue weighted by Gasteiger charge is 2.33. The Kier molecular flexibility index (Phi) is 3.09. The lowest BCUT2D eigenvalue weighted by Crippen LogP contribution is -2.32. The first-order chi connectivity index (χ1) is 6.75. The van der Waals surface area contributed by atoms with Crippen LogP contribution in [0.15, 0.2) is 0 Å². The molecule has 0 aromatic heterocycles. The molecule has 2 aliphatic carbocycles. The summed E-state index contributed by atoms with van der Waals surface area (Å²) in [5.74, 6) is 1.68. The van der Waals surface area contributed by atoms with E-state index in [0.717, 1.165) is 24.7 Å². The molecule has 0 unspecified atom stereocenters. The van der Waals surface area contributed by atoms with Gasteiger partial charge in [-0.15, -0.1) is 0 Å². The van der Waals surface area contributed by atoms with Crippen molar-refractivity contribution in [3.8, 4) is 0 Å². The fraction of sp³-hybridized carbons (Fsp3) is 0.917. The van der Waals surface area contributed by atoms with Crippen molar-refractivity contribution in [3.05, 3.63) is 0 Å². The topological polar surface area (TPSA) is 26.3 Å². The molecule has 2 heteroatoms. The van der Waals surface area contributed by atoms with Gasteiger partial charge < -0.3 is 4.74 Å². The van der Waals surface area contributed by atoms with E-state index in [2.05, 4.69) is 0 Å². The summed E-state index contributed by atoms with van der Waals surface area (Å²) in [7, 11) is 0. The molecule has 0 heterocycles. The van der Waals surface area contributed by atoms with E-state index in [-0.39, 0.29) is 12.1 Å². The molecule has 2 rings (SSSR count). The van der Waals surface area contributed by atoms with Crippen molar-refractivity contribution in [2.45, 2.75) is 58.0 Å². The summed E-state index contributed by atoms with van der Waals surface area (Å²) in [5.41, 5.74) is 0. The first kappa shape index (κ1) is 10.0. The first-order valence-corrected chi connectivity index (χ1v) is 5.93. The lowest BCUT2D eigenvalue weighted by Gasteiger charge is -2.38. The van der Waals surface area contributed by atoms with Crippen molar-refractivity contribution in [1.29, 1.82) is 0 Å². The SMILES string of the molecule is CC(=O)O[C@@H]1CC[C@@H]2CCCC[C@@H]2C1. The fourth-order valence-electron chi connectivity index (χ4n) is 3.17. The predicted octanol–water partition coefficient (Wildman–Crippen LogP) is 2.91. The Labute approximate surface area is 86.0 Å². The molecule has 0 amide bonds. The number of hydrogen-bond acceptors (Lipinski definition) is 2. The van der Waals surface area contributed by atoms with Crippen LogP contribution in [-0.4, -0.2) is 12.1 Å². The van der Waals surface area contributed by atoms with E-state index < -0.39 is 0 Å². The van der Waals surface area contributed by atoms with Crippen LogP contribution in [0.4, 0.5) is 0 Å². The Bertz CT molecular complexity index is 212. The molecule has 0 aliphatic heterocycles. The van der Waals surface area contributed by atoms with Gasteiger partial charge in [0.05, 0.1) is 0 Å². The van der Waals surface area contributed by atoms with Gasteiger partial charge in [-0.3, -0.25) is 4.79 Å². The van der Waals surface area contributed by atoms with Crippen LogP contribution in [0, 0.1) is 11.8 Å². The van der Waals surface area contributed by atoms with Gasteiger partial charge in [0.15, 0.2) is 0 Å². The third kappa shape index (κ3) is 2.28. The zero-order valence-electron chi connectivity index (χ0n) is 9.00. The Morgan fingerprint density at radius 3 is 2.50 bits per heavy atom. The summed E-state index contributed by atoms with van der Waals surface area (Å²) in [6.45, 7) is 1.52. The molecule has 2 fully saturated rings. The molecular formula is C12H20O2. The maximum Gasteiger partial charge on any atom is 0.302 e. The van der Waals surface area contributed by atoms with E-state index >= 15 is 0 Å². The molecule has 14 heavy (non-hydrogen) atoms. The van der Waals surface area contributed by atoms with Crippen LogP contribution in [0.3, 0.4) is 0 Å². The van der Waals surface area contributed by atoms with Crippen LogP contribution in [-0.2, 0) is 9.53 Å².